The highest BCUT2D eigenvalue weighted by Gasteiger charge is 2.05. The molecule has 0 aliphatic heterocycles. The number of benzene rings is 2. The van der Waals surface area contributed by atoms with Crippen molar-refractivity contribution in [1.82, 2.24) is 0 Å². The van der Waals surface area contributed by atoms with Gasteiger partial charge in [0.15, 0.2) is 0 Å². The van der Waals surface area contributed by atoms with Crippen LogP contribution in [0.2, 0.25) is 0 Å². The topological polar surface area (TPSA) is 66.6 Å². The lowest BCUT2D eigenvalue weighted by atomic mass is 10.1. The number of phenols is 1. The predicted octanol–water partition coefficient (Wildman–Crippen LogP) is 4.32. The highest BCUT2D eigenvalue weighted by molar-refractivity contribution is 5.74. The van der Waals surface area contributed by atoms with E-state index in [0.717, 1.165) is 24.3 Å². The minimum absolute atomic E-state index is 0.0635. The lowest BCUT2D eigenvalue weighted by Gasteiger charge is -2.21. The summed E-state index contributed by atoms with van der Waals surface area (Å²) in [5.41, 5.74) is 2.59. The maximum absolute atomic E-state index is 10.6. The van der Waals surface area contributed by atoms with Crippen molar-refractivity contribution in [2.45, 2.75) is 13.8 Å². The van der Waals surface area contributed by atoms with Crippen LogP contribution in [0.3, 0.4) is 0 Å². The fraction of sp³-hybridized carbons (Fsp3) is 0.222. The van der Waals surface area contributed by atoms with Gasteiger partial charge in [0.25, 0.3) is 5.69 Å². The van der Waals surface area contributed by atoms with Crippen LogP contribution in [0.4, 0.5) is 11.4 Å². The second kappa shape index (κ2) is 7.45. The van der Waals surface area contributed by atoms with Crippen molar-refractivity contribution in [1.29, 1.82) is 0 Å². The standard InChI is InChI=1S/C18H20N2O3/c1-3-19(4-2)17-12-9-15(18(21)13-17)8-5-14-6-10-16(11-7-14)20(22)23/h5-13,21H,3-4H2,1-2H3/b8-5+. The van der Waals surface area contributed by atoms with E-state index in [1.807, 2.05) is 18.2 Å². The van der Waals surface area contributed by atoms with E-state index in [1.54, 1.807) is 24.3 Å². The van der Waals surface area contributed by atoms with E-state index in [4.69, 9.17) is 0 Å². The molecule has 0 atom stereocenters. The largest absolute Gasteiger partial charge is 0.507 e. The molecule has 2 aromatic rings. The molecule has 0 aliphatic rings. The van der Waals surface area contributed by atoms with Gasteiger partial charge >= 0.3 is 0 Å². The third-order valence-electron chi connectivity index (χ3n) is 3.70. The average molecular weight is 312 g/mol. The van der Waals surface area contributed by atoms with Crippen LogP contribution in [-0.2, 0) is 0 Å². The Morgan fingerprint density at radius 2 is 1.74 bits per heavy atom. The molecule has 0 saturated heterocycles. The number of rotatable bonds is 6. The number of aromatic hydroxyl groups is 1. The third-order valence-corrected chi connectivity index (χ3v) is 3.70. The molecule has 120 valence electrons. The summed E-state index contributed by atoms with van der Waals surface area (Å²) in [6.07, 6.45) is 3.61. The van der Waals surface area contributed by atoms with Gasteiger partial charge in [-0.2, -0.15) is 0 Å². The van der Waals surface area contributed by atoms with Crippen molar-refractivity contribution in [3.8, 4) is 5.75 Å². The van der Waals surface area contributed by atoms with Gasteiger partial charge in [0.05, 0.1) is 4.92 Å². The van der Waals surface area contributed by atoms with E-state index in [2.05, 4.69) is 18.7 Å². The number of anilines is 1. The summed E-state index contributed by atoms with van der Waals surface area (Å²) in [4.78, 5) is 12.4. The molecule has 2 aromatic carbocycles. The molecule has 0 amide bonds. The fourth-order valence-electron chi connectivity index (χ4n) is 2.35. The zero-order chi connectivity index (χ0) is 16.8. The van der Waals surface area contributed by atoms with Gasteiger partial charge in [-0.1, -0.05) is 12.2 Å². The molecule has 5 nitrogen and oxygen atoms in total. The Hall–Kier alpha value is -2.82. The summed E-state index contributed by atoms with van der Waals surface area (Å²) < 4.78 is 0. The highest BCUT2D eigenvalue weighted by atomic mass is 16.6. The monoisotopic (exact) mass is 312 g/mol. The fourth-order valence-corrected chi connectivity index (χ4v) is 2.35. The molecule has 0 aliphatic carbocycles. The van der Waals surface area contributed by atoms with Crippen molar-refractivity contribution in [2.24, 2.45) is 0 Å². The van der Waals surface area contributed by atoms with E-state index >= 15 is 0 Å². The van der Waals surface area contributed by atoms with E-state index < -0.39 is 4.92 Å². The zero-order valence-electron chi connectivity index (χ0n) is 13.3. The number of nitrogens with zero attached hydrogens (tertiary/aromatic N) is 2. The SMILES string of the molecule is CCN(CC)c1ccc(/C=C/c2ccc([N+](=O)[O-])cc2)c(O)c1. The van der Waals surface area contributed by atoms with Gasteiger partial charge in [0.1, 0.15) is 5.75 Å². The Morgan fingerprint density at radius 3 is 2.26 bits per heavy atom. The molecule has 5 heteroatoms. The molecule has 0 saturated carbocycles. The summed E-state index contributed by atoms with van der Waals surface area (Å²) in [6, 6.07) is 11.9. The van der Waals surface area contributed by atoms with Crippen molar-refractivity contribution in [3.63, 3.8) is 0 Å². The summed E-state index contributed by atoms with van der Waals surface area (Å²) in [6.45, 7) is 5.91. The smallest absolute Gasteiger partial charge is 0.269 e. The number of phenolic OH excluding ortho intramolecular Hbond substituents is 1. The van der Waals surface area contributed by atoms with Gasteiger partial charge in [0.2, 0.25) is 0 Å². The van der Waals surface area contributed by atoms with Gasteiger partial charge < -0.3 is 10.0 Å². The van der Waals surface area contributed by atoms with Crippen LogP contribution >= 0.6 is 0 Å². The molecule has 0 aromatic heterocycles. The number of hydrogen-bond acceptors (Lipinski definition) is 4. The molecule has 0 unspecified atom stereocenters. The maximum Gasteiger partial charge on any atom is 0.269 e. The van der Waals surface area contributed by atoms with Crippen LogP contribution < -0.4 is 4.90 Å². The first-order valence-corrected chi connectivity index (χ1v) is 7.55. The summed E-state index contributed by atoms with van der Waals surface area (Å²) in [7, 11) is 0. The second-order valence-corrected chi connectivity index (χ2v) is 5.10. The zero-order valence-corrected chi connectivity index (χ0v) is 13.3. The number of nitro benzene ring substituents is 1. The van der Waals surface area contributed by atoms with Crippen molar-refractivity contribution in [2.75, 3.05) is 18.0 Å². The van der Waals surface area contributed by atoms with Gasteiger partial charge in [-0.05, 0) is 43.7 Å². The number of non-ortho nitro benzene ring substituents is 1. The first-order valence-electron chi connectivity index (χ1n) is 7.55. The quantitative estimate of drug-likeness (QED) is 0.490. The van der Waals surface area contributed by atoms with E-state index in [-0.39, 0.29) is 11.4 Å². The highest BCUT2D eigenvalue weighted by Crippen LogP contribution is 2.26. The van der Waals surface area contributed by atoms with Gasteiger partial charge in [-0.25, -0.2) is 0 Å². The molecule has 2 rings (SSSR count). The molecule has 1 N–H and O–H groups in total. The number of hydrogen-bond donors (Lipinski definition) is 1. The van der Waals surface area contributed by atoms with Gasteiger partial charge in [0, 0.05) is 42.5 Å². The Kier molecular flexibility index (Phi) is 5.36. The van der Waals surface area contributed by atoms with E-state index in [1.165, 1.54) is 12.1 Å². The first-order chi connectivity index (χ1) is 11.0. The molecular formula is C18H20N2O3. The lowest BCUT2D eigenvalue weighted by Crippen LogP contribution is -2.21. The molecule has 23 heavy (non-hydrogen) atoms. The Balaban J connectivity index is 2.17. The maximum atomic E-state index is 10.6. The van der Waals surface area contributed by atoms with E-state index in [9.17, 15) is 15.2 Å². The van der Waals surface area contributed by atoms with Crippen LogP contribution in [0.5, 0.6) is 5.75 Å². The van der Waals surface area contributed by atoms with Crippen molar-refractivity contribution < 1.29 is 10.0 Å². The molecule has 0 spiro atoms. The Labute approximate surface area is 135 Å². The minimum Gasteiger partial charge on any atom is -0.507 e. The molecule has 0 bridgehead atoms. The van der Waals surface area contributed by atoms with Crippen LogP contribution in [0.1, 0.15) is 25.0 Å². The van der Waals surface area contributed by atoms with Crippen LogP contribution in [0.25, 0.3) is 12.2 Å². The summed E-state index contributed by atoms with van der Waals surface area (Å²) in [5.74, 6) is 0.215. The molecular weight excluding hydrogens is 292 g/mol. The lowest BCUT2D eigenvalue weighted by molar-refractivity contribution is -0.384. The number of nitro groups is 1. The van der Waals surface area contributed by atoms with Crippen molar-refractivity contribution >= 4 is 23.5 Å². The second-order valence-electron chi connectivity index (χ2n) is 5.10. The summed E-state index contributed by atoms with van der Waals surface area (Å²) >= 11 is 0. The minimum atomic E-state index is -0.425. The van der Waals surface area contributed by atoms with E-state index in [0.29, 0.717) is 5.56 Å². The average Bonchev–Trinajstić information content (AvgIpc) is 2.55. The molecule has 0 heterocycles. The Morgan fingerprint density at radius 1 is 1.09 bits per heavy atom. The van der Waals surface area contributed by atoms with Crippen LogP contribution in [-0.4, -0.2) is 23.1 Å². The first kappa shape index (κ1) is 16.5. The van der Waals surface area contributed by atoms with Crippen LogP contribution in [0, 0.1) is 10.1 Å². The predicted molar refractivity (Wildman–Crippen MR) is 93.7 cm³/mol. The third kappa shape index (κ3) is 4.10. The van der Waals surface area contributed by atoms with Crippen molar-refractivity contribution in [3.05, 3.63) is 63.7 Å². The molecule has 0 fully saturated rings. The van der Waals surface area contributed by atoms with Gasteiger partial charge in [-0.3, -0.25) is 10.1 Å². The van der Waals surface area contributed by atoms with Crippen LogP contribution in [0.15, 0.2) is 42.5 Å². The molecule has 0 radical (unpaired) electrons. The van der Waals surface area contributed by atoms with Gasteiger partial charge in [-0.15, -0.1) is 0 Å². The Bertz CT molecular complexity index is 705. The summed E-state index contributed by atoms with van der Waals surface area (Å²) in [5, 5.41) is 20.8. The normalized spacial score (nSPS) is 10.9.